The van der Waals surface area contributed by atoms with Gasteiger partial charge >= 0.3 is 0 Å². The van der Waals surface area contributed by atoms with E-state index in [1.54, 1.807) is 0 Å². The van der Waals surface area contributed by atoms with E-state index in [9.17, 15) is 8.42 Å². The first kappa shape index (κ1) is 10.4. The van der Waals surface area contributed by atoms with Crippen molar-refractivity contribution >= 4 is 9.84 Å². The smallest absolute Gasteiger partial charge is 0.156 e. The number of hydrogen-bond donors (Lipinski definition) is 1. The molecule has 0 bridgehead atoms. The molecule has 0 amide bonds. The fourth-order valence-electron chi connectivity index (χ4n) is 2.80. The minimum Gasteiger partial charge on any atom is -0.309 e. The van der Waals surface area contributed by atoms with Gasteiger partial charge in [0.15, 0.2) is 9.84 Å². The zero-order valence-corrected chi connectivity index (χ0v) is 9.68. The predicted octanol–water partition coefficient (Wildman–Crippen LogP) is 0.950. The lowest BCUT2D eigenvalue weighted by atomic mass is 9.86. The number of rotatable bonds is 0. The lowest BCUT2D eigenvalue weighted by molar-refractivity contribution is 0.283. The molecule has 0 radical (unpaired) electrons. The van der Waals surface area contributed by atoms with Gasteiger partial charge in [-0.05, 0) is 32.1 Å². The molecule has 4 heteroatoms. The summed E-state index contributed by atoms with van der Waals surface area (Å²) in [6.45, 7) is 4.12. The van der Waals surface area contributed by atoms with E-state index >= 15 is 0 Å². The minimum atomic E-state index is -2.83. The maximum atomic E-state index is 11.9. The van der Waals surface area contributed by atoms with Crippen molar-refractivity contribution in [2.75, 3.05) is 5.75 Å². The lowest BCUT2D eigenvalue weighted by Crippen LogP contribution is -2.58. The summed E-state index contributed by atoms with van der Waals surface area (Å²) in [5, 5.41) is 3.31. The molecule has 1 heterocycles. The first-order valence-electron chi connectivity index (χ1n) is 5.46. The Morgan fingerprint density at radius 2 is 1.93 bits per heavy atom. The van der Waals surface area contributed by atoms with Crippen molar-refractivity contribution < 1.29 is 8.42 Å². The summed E-state index contributed by atoms with van der Waals surface area (Å²) in [5.74, 6) is 0.891. The van der Waals surface area contributed by atoms with Gasteiger partial charge in [0.2, 0.25) is 0 Å². The largest absolute Gasteiger partial charge is 0.309 e. The molecule has 14 heavy (non-hydrogen) atoms. The van der Waals surface area contributed by atoms with Gasteiger partial charge in [-0.25, -0.2) is 8.42 Å². The lowest BCUT2D eigenvalue weighted by Gasteiger charge is -2.40. The third-order valence-electron chi connectivity index (χ3n) is 3.50. The van der Waals surface area contributed by atoms with E-state index in [1.165, 1.54) is 0 Å². The van der Waals surface area contributed by atoms with Crippen molar-refractivity contribution in [2.45, 2.75) is 50.4 Å². The van der Waals surface area contributed by atoms with Gasteiger partial charge in [-0.2, -0.15) is 0 Å². The molecule has 2 fully saturated rings. The third kappa shape index (κ3) is 1.82. The standard InChI is InChI=1S/C10H19NO2S/c1-7-3-4-9-10(5-7)14(12,13)6-8(2)11-9/h7-11H,3-6H2,1-2H3. The van der Waals surface area contributed by atoms with Crippen LogP contribution < -0.4 is 5.32 Å². The molecule has 0 spiro atoms. The Balaban J connectivity index is 2.21. The molecule has 0 aromatic rings. The molecular weight excluding hydrogens is 198 g/mol. The molecule has 2 rings (SSSR count). The van der Waals surface area contributed by atoms with Gasteiger partial charge < -0.3 is 5.32 Å². The van der Waals surface area contributed by atoms with Crippen LogP contribution in [0.5, 0.6) is 0 Å². The normalized spacial score (nSPS) is 47.0. The number of nitrogens with one attached hydrogen (secondary N) is 1. The molecule has 1 saturated carbocycles. The highest BCUT2D eigenvalue weighted by Gasteiger charge is 2.42. The van der Waals surface area contributed by atoms with E-state index in [2.05, 4.69) is 12.2 Å². The monoisotopic (exact) mass is 217 g/mol. The van der Waals surface area contributed by atoms with Gasteiger partial charge in [0.05, 0.1) is 11.0 Å². The maximum absolute atomic E-state index is 11.9. The van der Waals surface area contributed by atoms with Gasteiger partial charge in [-0.15, -0.1) is 0 Å². The van der Waals surface area contributed by atoms with Crippen molar-refractivity contribution in [3.8, 4) is 0 Å². The summed E-state index contributed by atoms with van der Waals surface area (Å²) < 4.78 is 23.9. The summed E-state index contributed by atoms with van der Waals surface area (Å²) >= 11 is 0. The van der Waals surface area contributed by atoms with E-state index < -0.39 is 9.84 Å². The van der Waals surface area contributed by atoms with Crippen molar-refractivity contribution in [3.05, 3.63) is 0 Å². The van der Waals surface area contributed by atoms with Crippen LogP contribution in [0.25, 0.3) is 0 Å². The fraction of sp³-hybridized carbons (Fsp3) is 1.00. The Labute approximate surface area is 86.2 Å². The van der Waals surface area contributed by atoms with Gasteiger partial charge in [0.1, 0.15) is 0 Å². The van der Waals surface area contributed by atoms with Crippen LogP contribution in [0.1, 0.15) is 33.1 Å². The minimum absolute atomic E-state index is 0.109. The zero-order valence-electron chi connectivity index (χ0n) is 8.86. The Kier molecular flexibility index (Phi) is 2.60. The van der Waals surface area contributed by atoms with Crippen LogP contribution in [-0.2, 0) is 9.84 Å². The molecule has 0 aromatic heterocycles. The summed E-state index contributed by atoms with van der Waals surface area (Å²) in [6, 6.07) is 0.356. The molecule has 4 atom stereocenters. The number of hydrogen-bond acceptors (Lipinski definition) is 3. The van der Waals surface area contributed by atoms with Crippen LogP contribution in [0.15, 0.2) is 0 Å². The molecule has 2 aliphatic rings. The van der Waals surface area contributed by atoms with Crippen LogP contribution >= 0.6 is 0 Å². The predicted molar refractivity (Wildman–Crippen MR) is 57.0 cm³/mol. The molecule has 82 valence electrons. The summed E-state index contributed by atoms with van der Waals surface area (Å²) in [5.41, 5.74) is 0. The van der Waals surface area contributed by atoms with Gasteiger partial charge in [0, 0.05) is 12.1 Å². The topological polar surface area (TPSA) is 46.2 Å². The Bertz CT molecular complexity index is 312. The highest BCUT2D eigenvalue weighted by Crippen LogP contribution is 2.32. The van der Waals surface area contributed by atoms with E-state index in [1.807, 2.05) is 6.92 Å². The van der Waals surface area contributed by atoms with Crippen molar-refractivity contribution in [1.82, 2.24) is 5.32 Å². The van der Waals surface area contributed by atoms with Crippen LogP contribution in [0, 0.1) is 5.92 Å². The average Bonchev–Trinajstić information content (AvgIpc) is 2.05. The molecule has 3 nitrogen and oxygen atoms in total. The molecular formula is C10H19NO2S. The van der Waals surface area contributed by atoms with Gasteiger partial charge in [-0.3, -0.25) is 0 Å². The molecule has 4 unspecified atom stereocenters. The highest BCUT2D eigenvalue weighted by atomic mass is 32.2. The third-order valence-corrected chi connectivity index (χ3v) is 5.90. The van der Waals surface area contributed by atoms with Crippen molar-refractivity contribution in [3.63, 3.8) is 0 Å². The first-order valence-corrected chi connectivity index (χ1v) is 7.18. The quantitative estimate of drug-likeness (QED) is 0.657. The molecule has 1 N–H and O–H groups in total. The second-order valence-corrected chi connectivity index (χ2v) is 7.22. The number of sulfone groups is 1. The molecule has 1 aliphatic carbocycles. The first-order chi connectivity index (χ1) is 6.49. The highest BCUT2D eigenvalue weighted by molar-refractivity contribution is 7.92. The summed E-state index contributed by atoms with van der Waals surface area (Å²) in [7, 11) is -2.83. The van der Waals surface area contributed by atoms with E-state index in [0.717, 1.165) is 19.3 Å². The van der Waals surface area contributed by atoms with Crippen LogP contribution in [-0.4, -0.2) is 31.5 Å². The van der Waals surface area contributed by atoms with Crippen molar-refractivity contribution in [2.24, 2.45) is 5.92 Å². The van der Waals surface area contributed by atoms with Crippen LogP contribution in [0.2, 0.25) is 0 Å². The summed E-state index contributed by atoms with van der Waals surface area (Å²) in [6.07, 6.45) is 3.04. The maximum Gasteiger partial charge on any atom is 0.156 e. The van der Waals surface area contributed by atoms with Crippen LogP contribution in [0.3, 0.4) is 0 Å². The van der Waals surface area contributed by atoms with E-state index in [4.69, 9.17) is 0 Å². The molecule has 0 aromatic carbocycles. The van der Waals surface area contributed by atoms with Gasteiger partial charge in [0.25, 0.3) is 0 Å². The number of fused-ring (bicyclic) bond motifs is 1. The van der Waals surface area contributed by atoms with Gasteiger partial charge in [-0.1, -0.05) is 6.92 Å². The average molecular weight is 217 g/mol. The molecule has 1 saturated heterocycles. The zero-order chi connectivity index (χ0) is 10.3. The Morgan fingerprint density at radius 1 is 1.21 bits per heavy atom. The Hall–Kier alpha value is -0.0900. The second-order valence-electron chi connectivity index (χ2n) is 4.96. The SMILES string of the molecule is CC1CCC2NC(C)CS(=O)(=O)C2C1. The Morgan fingerprint density at radius 3 is 2.64 bits per heavy atom. The van der Waals surface area contributed by atoms with Crippen molar-refractivity contribution in [1.29, 1.82) is 0 Å². The van der Waals surface area contributed by atoms with E-state index in [-0.39, 0.29) is 17.3 Å². The summed E-state index contributed by atoms with van der Waals surface area (Å²) in [4.78, 5) is 0. The molecule has 1 aliphatic heterocycles. The fourth-order valence-corrected chi connectivity index (χ4v) is 5.18. The second kappa shape index (κ2) is 3.49. The van der Waals surface area contributed by atoms with Crippen LogP contribution in [0.4, 0.5) is 0 Å². The van der Waals surface area contributed by atoms with E-state index in [0.29, 0.717) is 11.7 Å².